The van der Waals surface area contributed by atoms with Gasteiger partial charge in [-0.25, -0.2) is 0 Å². The molecule has 0 aliphatic heterocycles. The minimum absolute atomic E-state index is 0.0398. The lowest BCUT2D eigenvalue weighted by Crippen LogP contribution is -2.02. The molecular weight excluding hydrogens is 394 g/mol. The number of carboxylic acids is 1. The number of aliphatic carboxylic acids is 1. The zero-order valence-corrected chi connectivity index (χ0v) is 17.8. The number of carboxylic acid groups (broad SMARTS) is 1. The van der Waals surface area contributed by atoms with Crippen molar-refractivity contribution in [2.24, 2.45) is 5.16 Å². The van der Waals surface area contributed by atoms with Crippen LogP contribution < -0.4 is 0 Å². The van der Waals surface area contributed by atoms with Gasteiger partial charge in [0, 0.05) is 10.6 Å². The van der Waals surface area contributed by atoms with Crippen LogP contribution in [-0.2, 0) is 16.1 Å². The molecule has 0 spiro atoms. The summed E-state index contributed by atoms with van der Waals surface area (Å²) < 4.78 is 0. The Balaban J connectivity index is 1.52. The van der Waals surface area contributed by atoms with Crippen molar-refractivity contribution in [3.63, 3.8) is 0 Å². The summed E-state index contributed by atoms with van der Waals surface area (Å²) in [5.74, 6) is -0.0806. The lowest BCUT2D eigenvalue weighted by Gasteiger charge is -2.07. The van der Waals surface area contributed by atoms with E-state index in [0.29, 0.717) is 6.61 Å². The number of hydrogen-bond acceptors (Lipinski definition) is 4. The van der Waals surface area contributed by atoms with E-state index in [4.69, 9.17) is 9.94 Å². The van der Waals surface area contributed by atoms with Gasteiger partial charge in [0.05, 0.1) is 12.1 Å². The lowest BCUT2D eigenvalue weighted by atomic mass is 10.0. The van der Waals surface area contributed by atoms with E-state index in [-0.39, 0.29) is 6.42 Å². The molecule has 3 aromatic carbocycles. The molecule has 0 unspecified atom stereocenters. The highest BCUT2D eigenvalue weighted by atomic mass is 32.2. The minimum Gasteiger partial charge on any atom is -0.481 e. The predicted octanol–water partition coefficient (Wildman–Crippen LogP) is 5.90. The van der Waals surface area contributed by atoms with Crippen LogP contribution in [0.3, 0.4) is 0 Å². The first-order valence-electron chi connectivity index (χ1n) is 9.94. The van der Waals surface area contributed by atoms with Gasteiger partial charge in [-0.05, 0) is 40.8 Å². The molecule has 0 bridgehead atoms. The van der Waals surface area contributed by atoms with Crippen LogP contribution in [0.2, 0.25) is 0 Å². The van der Waals surface area contributed by atoms with Gasteiger partial charge < -0.3 is 9.94 Å². The van der Waals surface area contributed by atoms with Gasteiger partial charge in [0.15, 0.2) is 0 Å². The summed E-state index contributed by atoms with van der Waals surface area (Å²) in [5.41, 5.74) is 5.16. The predicted molar refractivity (Wildman–Crippen MR) is 123 cm³/mol. The molecule has 0 heterocycles. The van der Waals surface area contributed by atoms with Crippen LogP contribution in [0.15, 0.2) is 88.9 Å². The highest BCUT2D eigenvalue weighted by molar-refractivity contribution is 7.99. The van der Waals surface area contributed by atoms with Gasteiger partial charge in [-0.1, -0.05) is 78.8 Å². The second-order valence-corrected chi connectivity index (χ2v) is 7.90. The monoisotopic (exact) mass is 419 g/mol. The van der Waals surface area contributed by atoms with Crippen molar-refractivity contribution < 1.29 is 14.7 Å². The zero-order valence-electron chi connectivity index (χ0n) is 17.0. The van der Waals surface area contributed by atoms with E-state index in [1.54, 1.807) is 11.8 Å². The summed E-state index contributed by atoms with van der Waals surface area (Å²) in [6, 6.07) is 26.3. The third-order valence-electron chi connectivity index (χ3n) is 4.53. The Hall–Kier alpha value is -3.05. The molecule has 0 atom stereocenters. The largest absolute Gasteiger partial charge is 0.481 e. The SMILES string of the molecule is CC/C(=N\OCCSc1cccc(CC(=O)O)c1)c1ccc(-c2ccccc2)cc1. The van der Waals surface area contributed by atoms with Crippen LogP contribution in [0.1, 0.15) is 24.5 Å². The highest BCUT2D eigenvalue weighted by Crippen LogP contribution is 2.21. The van der Waals surface area contributed by atoms with E-state index < -0.39 is 5.97 Å². The number of oxime groups is 1. The molecule has 0 aliphatic rings. The molecule has 0 amide bonds. The topological polar surface area (TPSA) is 58.9 Å². The van der Waals surface area contributed by atoms with E-state index in [1.807, 2.05) is 42.5 Å². The highest BCUT2D eigenvalue weighted by Gasteiger charge is 2.05. The van der Waals surface area contributed by atoms with E-state index in [0.717, 1.165) is 33.9 Å². The van der Waals surface area contributed by atoms with Crippen molar-refractivity contribution in [2.45, 2.75) is 24.7 Å². The molecule has 0 fully saturated rings. The maximum absolute atomic E-state index is 10.8. The summed E-state index contributed by atoms with van der Waals surface area (Å²) in [4.78, 5) is 17.4. The molecule has 3 rings (SSSR count). The average Bonchev–Trinajstić information content (AvgIpc) is 2.77. The number of carbonyl (C=O) groups is 1. The smallest absolute Gasteiger partial charge is 0.307 e. The van der Waals surface area contributed by atoms with Crippen LogP contribution in [-0.4, -0.2) is 29.1 Å². The van der Waals surface area contributed by atoms with E-state index in [1.165, 1.54) is 11.1 Å². The van der Waals surface area contributed by atoms with Crippen molar-refractivity contribution in [1.29, 1.82) is 0 Å². The molecule has 0 aromatic heterocycles. The van der Waals surface area contributed by atoms with Crippen molar-refractivity contribution in [3.8, 4) is 11.1 Å². The standard InChI is InChI=1S/C25H25NO3S/c1-2-24(22-13-11-21(12-14-22)20-8-4-3-5-9-20)26-29-15-16-30-23-10-6-7-19(17-23)18-25(27)28/h3-14,17H,2,15-16,18H2,1H3,(H,27,28)/b26-24+. The number of rotatable bonds is 10. The van der Waals surface area contributed by atoms with Crippen LogP contribution >= 0.6 is 11.8 Å². The van der Waals surface area contributed by atoms with Gasteiger partial charge in [-0.3, -0.25) is 4.79 Å². The van der Waals surface area contributed by atoms with Gasteiger partial charge in [0.1, 0.15) is 6.61 Å². The summed E-state index contributed by atoms with van der Waals surface area (Å²) in [7, 11) is 0. The van der Waals surface area contributed by atoms with Crippen molar-refractivity contribution in [1.82, 2.24) is 0 Å². The minimum atomic E-state index is -0.821. The second kappa shape index (κ2) is 11.2. The fraction of sp³-hybridized carbons (Fsp3) is 0.200. The maximum Gasteiger partial charge on any atom is 0.307 e. The molecule has 0 saturated carbocycles. The van der Waals surface area contributed by atoms with E-state index in [2.05, 4.69) is 48.5 Å². The van der Waals surface area contributed by atoms with Crippen molar-refractivity contribution in [2.75, 3.05) is 12.4 Å². The van der Waals surface area contributed by atoms with Gasteiger partial charge in [0.2, 0.25) is 0 Å². The fourth-order valence-electron chi connectivity index (χ4n) is 3.05. The number of hydrogen-bond donors (Lipinski definition) is 1. The van der Waals surface area contributed by atoms with Crippen molar-refractivity contribution >= 4 is 23.4 Å². The van der Waals surface area contributed by atoms with E-state index >= 15 is 0 Å². The molecule has 1 N–H and O–H groups in total. The van der Waals surface area contributed by atoms with Crippen molar-refractivity contribution in [3.05, 3.63) is 90.0 Å². The Morgan fingerprint density at radius 1 is 0.967 bits per heavy atom. The first kappa shape index (κ1) is 21.7. The summed E-state index contributed by atoms with van der Waals surface area (Å²) in [6.45, 7) is 2.55. The molecule has 0 aliphatic carbocycles. The molecule has 5 heteroatoms. The van der Waals surface area contributed by atoms with Gasteiger partial charge in [-0.2, -0.15) is 0 Å². The Bertz CT molecular complexity index is 985. The summed E-state index contributed by atoms with van der Waals surface area (Å²) in [5, 5.41) is 13.2. The molecule has 0 saturated heterocycles. The third kappa shape index (κ3) is 6.49. The Kier molecular flexibility index (Phi) is 8.10. The van der Waals surface area contributed by atoms with Gasteiger partial charge in [0.25, 0.3) is 0 Å². The zero-order chi connectivity index (χ0) is 21.2. The van der Waals surface area contributed by atoms with Crippen LogP contribution in [0.5, 0.6) is 0 Å². The quantitative estimate of drug-likeness (QED) is 0.192. The van der Waals surface area contributed by atoms with Gasteiger partial charge in [-0.15, -0.1) is 11.8 Å². The molecular formula is C25H25NO3S. The van der Waals surface area contributed by atoms with Crippen LogP contribution in [0.4, 0.5) is 0 Å². The second-order valence-electron chi connectivity index (χ2n) is 6.73. The summed E-state index contributed by atoms with van der Waals surface area (Å²) >= 11 is 1.63. The Morgan fingerprint density at radius 3 is 2.40 bits per heavy atom. The molecule has 30 heavy (non-hydrogen) atoms. The first-order valence-corrected chi connectivity index (χ1v) is 10.9. The number of thioether (sulfide) groups is 1. The van der Waals surface area contributed by atoms with Gasteiger partial charge >= 0.3 is 5.97 Å². The maximum atomic E-state index is 10.8. The number of nitrogens with zero attached hydrogens (tertiary/aromatic N) is 1. The lowest BCUT2D eigenvalue weighted by molar-refractivity contribution is -0.136. The Morgan fingerprint density at radius 2 is 1.70 bits per heavy atom. The Labute approximate surface area is 181 Å². The van der Waals surface area contributed by atoms with Crippen LogP contribution in [0, 0.1) is 0 Å². The molecule has 4 nitrogen and oxygen atoms in total. The first-order chi connectivity index (χ1) is 14.7. The normalized spacial score (nSPS) is 11.3. The third-order valence-corrected chi connectivity index (χ3v) is 5.49. The molecule has 3 aromatic rings. The molecule has 0 radical (unpaired) electrons. The average molecular weight is 420 g/mol. The van der Waals surface area contributed by atoms with Crippen LogP contribution in [0.25, 0.3) is 11.1 Å². The number of benzene rings is 3. The summed E-state index contributed by atoms with van der Waals surface area (Å²) in [6.07, 6.45) is 0.827. The molecule has 154 valence electrons. The fourth-order valence-corrected chi connectivity index (χ4v) is 3.85. The van der Waals surface area contributed by atoms with E-state index in [9.17, 15) is 4.79 Å².